The van der Waals surface area contributed by atoms with E-state index in [0.717, 1.165) is 0 Å². The van der Waals surface area contributed by atoms with Gasteiger partial charge in [-0.3, -0.25) is 4.79 Å². The molecule has 0 saturated carbocycles. The first-order valence-electron chi connectivity index (χ1n) is 5.18. The fourth-order valence-corrected chi connectivity index (χ4v) is 1.26. The van der Waals surface area contributed by atoms with Gasteiger partial charge in [0.05, 0.1) is 6.54 Å². The van der Waals surface area contributed by atoms with Gasteiger partial charge in [0, 0.05) is 6.08 Å². The molecule has 2 aromatic rings. The van der Waals surface area contributed by atoms with Crippen LogP contribution < -0.4 is 5.32 Å². The summed E-state index contributed by atoms with van der Waals surface area (Å²) < 4.78 is 12.9. The minimum Gasteiger partial charge on any atom is -0.345 e. The van der Waals surface area contributed by atoms with Crippen molar-refractivity contribution in [1.82, 2.24) is 25.9 Å². The van der Waals surface area contributed by atoms with Crippen molar-refractivity contribution in [2.45, 2.75) is 6.54 Å². The molecule has 0 fully saturated rings. The molecule has 0 aliphatic rings. The Kier molecular flexibility index (Phi) is 3.75. The number of hydrogen-bond acceptors (Lipinski definition) is 4. The van der Waals surface area contributed by atoms with Gasteiger partial charge in [-0.1, -0.05) is 17.3 Å². The van der Waals surface area contributed by atoms with Crippen LogP contribution in [0.2, 0.25) is 0 Å². The number of aromatic amines is 1. The van der Waals surface area contributed by atoms with E-state index in [1.807, 2.05) is 0 Å². The van der Waals surface area contributed by atoms with Crippen molar-refractivity contribution in [1.29, 1.82) is 0 Å². The Morgan fingerprint density at radius 3 is 3.11 bits per heavy atom. The van der Waals surface area contributed by atoms with E-state index in [9.17, 15) is 9.18 Å². The summed E-state index contributed by atoms with van der Waals surface area (Å²) in [4.78, 5) is 11.4. The number of H-pyrrole nitrogens is 1. The quantitative estimate of drug-likeness (QED) is 0.778. The third kappa shape index (κ3) is 3.48. The Labute approximate surface area is 102 Å². The van der Waals surface area contributed by atoms with Crippen LogP contribution in [0.25, 0.3) is 6.08 Å². The molecular weight excluding hydrogens is 237 g/mol. The number of hydrogen-bond donors (Lipinski definition) is 2. The number of halogens is 1. The van der Waals surface area contributed by atoms with E-state index >= 15 is 0 Å². The number of rotatable bonds is 4. The van der Waals surface area contributed by atoms with Crippen molar-refractivity contribution in [2.24, 2.45) is 0 Å². The van der Waals surface area contributed by atoms with E-state index in [1.54, 1.807) is 12.1 Å². The number of tetrazole rings is 1. The third-order valence-electron chi connectivity index (χ3n) is 2.09. The van der Waals surface area contributed by atoms with Crippen molar-refractivity contribution in [3.05, 3.63) is 47.5 Å². The highest BCUT2D eigenvalue weighted by Gasteiger charge is 2.00. The summed E-state index contributed by atoms with van der Waals surface area (Å²) in [6, 6.07) is 5.95. The van der Waals surface area contributed by atoms with Crippen molar-refractivity contribution in [3.63, 3.8) is 0 Å². The standard InChI is InChI=1S/C11H10FN5O/c12-9-3-1-2-8(6-9)4-5-11(18)13-7-10-14-16-17-15-10/h1-6H,7H2,(H,13,18)(H,14,15,16,17). The summed E-state index contributed by atoms with van der Waals surface area (Å²) in [7, 11) is 0. The molecule has 0 saturated heterocycles. The molecule has 0 aliphatic heterocycles. The van der Waals surface area contributed by atoms with Crippen LogP contribution in [-0.4, -0.2) is 26.5 Å². The van der Waals surface area contributed by atoms with Crippen molar-refractivity contribution in [2.75, 3.05) is 0 Å². The molecule has 92 valence electrons. The molecule has 1 aromatic carbocycles. The predicted octanol–water partition coefficient (Wildman–Crippen LogP) is 0.668. The highest BCUT2D eigenvalue weighted by molar-refractivity contribution is 5.91. The minimum absolute atomic E-state index is 0.183. The Morgan fingerprint density at radius 1 is 1.50 bits per heavy atom. The van der Waals surface area contributed by atoms with Gasteiger partial charge >= 0.3 is 0 Å². The minimum atomic E-state index is -0.343. The van der Waals surface area contributed by atoms with Crippen LogP contribution >= 0.6 is 0 Å². The monoisotopic (exact) mass is 247 g/mol. The molecule has 1 amide bonds. The normalized spacial score (nSPS) is 10.7. The Balaban J connectivity index is 1.87. The molecule has 0 radical (unpaired) electrons. The van der Waals surface area contributed by atoms with E-state index < -0.39 is 0 Å². The van der Waals surface area contributed by atoms with Crippen LogP contribution in [-0.2, 0) is 11.3 Å². The van der Waals surface area contributed by atoms with E-state index in [4.69, 9.17) is 0 Å². The van der Waals surface area contributed by atoms with Crippen LogP contribution in [0.4, 0.5) is 4.39 Å². The molecule has 2 rings (SSSR count). The predicted molar refractivity (Wildman–Crippen MR) is 61.5 cm³/mol. The molecule has 0 atom stereocenters. The highest BCUT2D eigenvalue weighted by atomic mass is 19.1. The zero-order valence-electron chi connectivity index (χ0n) is 9.30. The number of carbonyl (C=O) groups excluding carboxylic acids is 1. The topological polar surface area (TPSA) is 83.6 Å². The van der Waals surface area contributed by atoms with Gasteiger partial charge in [-0.05, 0) is 23.8 Å². The van der Waals surface area contributed by atoms with E-state index in [1.165, 1.54) is 24.3 Å². The van der Waals surface area contributed by atoms with Crippen molar-refractivity contribution >= 4 is 12.0 Å². The lowest BCUT2D eigenvalue weighted by atomic mass is 10.2. The number of nitrogens with one attached hydrogen (secondary N) is 2. The van der Waals surface area contributed by atoms with Crippen LogP contribution in [0.5, 0.6) is 0 Å². The molecule has 1 aromatic heterocycles. The summed E-state index contributed by atoms with van der Waals surface area (Å²) in [6.45, 7) is 0.183. The number of benzene rings is 1. The smallest absolute Gasteiger partial charge is 0.244 e. The van der Waals surface area contributed by atoms with E-state index in [0.29, 0.717) is 11.4 Å². The Morgan fingerprint density at radius 2 is 2.39 bits per heavy atom. The van der Waals surface area contributed by atoms with E-state index in [2.05, 4.69) is 25.9 Å². The van der Waals surface area contributed by atoms with Crippen LogP contribution in [0, 0.1) is 5.82 Å². The van der Waals surface area contributed by atoms with E-state index in [-0.39, 0.29) is 18.3 Å². The zero-order chi connectivity index (χ0) is 12.8. The van der Waals surface area contributed by atoms with Gasteiger partial charge in [-0.2, -0.15) is 5.21 Å². The maximum absolute atomic E-state index is 12.9. The summed E-state index contributed by atoms with van der Waals surface area (Å²) in [6.07, 6.45) is 2.84. The first-order valence-corrected chi connectivity index (χ1v) is 5.18. The van der Waals surface area contributed by atoms with Crippen molar-refractivity contribution in [3.8, 4) is 0 Å². The molecule has 0 unspecified atom stereocenters. The lowest BCUT2D eigenvalue weighted by Crippen LogP contribution is -2.20. The number of carbonyl (C=O) groups is 1. The number of nitrogens with zero attached hydrogens (tertiary/aromatic N) is 3. The summed E-state index contributed by atoms with van der Waals surface area (Å²) in [5, 5.41) is 15.6. The Hall–Kier alpha value is -2.57. The first-order chi connectivity index (χ1) is 8.74. The third-order valence-corrected chi connectivity index (χ3v) is 2.09. The van der Waals surface area contributed by atoms with Gasteiger partial charge in [0.1, 0.15) is 5.82 Å². The molecule has 0 bridgehead atoms. The zero-order valence-corrected chi connectivity index (χ0v) is 9.30. The molecule has 0 spiro atoms. The molecule has 1 heterocycles. The fourth-order valence-electron chi connectivity index (χ4n) is 1.26. The van der Waals surface area contributed by atoms with Crippen molar-refractivity contribution < 1.29 is 9.18 Å². The molecular formula is C11H10FN5O. The van der Waals surface area contributed by atoms with Crippen LogP contribution in [0.3, 0.4) is 0 Å². The summed E-state index contributed by atoms with van der Waals surface area (Å²) >= 11 is 0. The van der Waals surface area contributed by atoms with Gasteiger partial charge in [0.15, 0.2) is 5.82 Å². The lowest BCUT2D eigenvalue weighted by molar-refractivity contribution is -0.116. The Bertz CT molecular complexity index is 552. The first kappa shape index (κ1) is 11.9. The largest absolute Gasteiger partial charge is 0.345 e. The number of aromatic nitrogens is 4. The second-order valence-electron chi connectivity index (χ2n) is 3.43. The van der Waals surface area contributed by atoms with Gasteiger partial charge < -0.3 is 5.32 Å². The van der Waals surface area contributed by atoms with Crippen LogP contribution in [0.15, 0.2) is 30.3 Å². The second-order valence-corrected chi connectivity index (χ2v) is 3.43. The maximum atomic E-state index is 12.9. The molecule has 7 heteroatoms. The highest BCUT2D eigenvalue weighted by Crippen LogP contribution is 2.04. The van der Waals surface area contributed by atoms with Gasteiger partial charge in [-0.15, -0.1) is 10.2 Å². The van der Waals surface area contributed by atoms with Gasteiger partial charge in [0.25, 0.3) is 0 Å². The average molecular weight is 247 g/mol. The fraction of sp³-hybridized carbons (Fsp3) is 0.0909. The summed E-state index contributed by atoms with van der Waals surface area (Å²) in [5.74, 6) is -0.268. The molecule has 2 N–H and O–H groups in total. The number of amides is 1. The average Bonchev–Trinajstić information content (AvgIpc) is 2.87. The van der Waals surface area contributed by atoms with Gasteiger partial charge in [-0.25, -0.2) is 4.39 Å². The van der Waals surface area contributed by atoms with Gasteiger partial charge in [0.2, 0.25) is 5.91 Å². The molecule has 6 nitrogen and oxygen atoms in total. The molecule has 18 heavy (non-hydrogen) atoms. The SMILES string of the molecule is O=C(C=Cc1cccc(F)c1)NCc1nn[nH]n1. The summed E-state index contributed by atoms with van der Waals surface area (Å²) in [5.41, 5.74) is 0.615. The van der Waals surface area contributed by atoms with Crippen LogP contribution in [0.1, 0.15) is 11.4 Å². The lowest BCUT2D eigenvalue weighted by Gasteiger charge is -1.97. The second kappa shape index (κ2) is 5.67. The maximum Gasteiger partial charge on any atom is 0.244 e. The molecule has 0 aliphatic carbocycles.